The number of carbonyl (C=O) groups is 1. The summed E-state index contributed by atoms with van der Waals surface area (Å²) in [6.07, 6.45) is 3.36. The molecule has 0 aliphatic heterocycles. The van der Waals surface area contributed by atoms with E-state index in [1.807, 2.05) is 19.1 Å². The average molecular weight is 271 g/mol. The highest BCUT2D eigenvalue weighted by atomic mass is 16.5. The molecule has 5 heteroatoms. The van der Waals surface area contributed by atoms with Crippen LogP contribution in [0.5, 0.6) is 0 Å². The van der Waals surface area contributed by atoms with Gasteiger partial charge in [-0.25, -0.2) is 0 Å². The van der Waals surface area contributed by atoms with Crippen molar-refractivity contribution in [1.29, 1.82) is 0 Å². The van der Waals surface area contributed by atoms with Gasteiger partial charge in [-0.15, -0.1) is 0 Å². The van der Waals surface area contributed by atoms with Gasteiger partial charge in [0.25, 0.3) is 5.91 Å². The molecule has 1 aromatic carbocycles. The molecule has 0 bridgehead atoms. The first-order valence-corrected chi connectivity index (χ1v) is 6.86. The molecule has 3 rings (SSSR count). The van der Waals surface area contributed by atoms with Crippen LogP contribution in [0.15, 0.2) is 22.7 Å². The van der Waals surface area contributed by atoms with E-state index in [1.54, 1.807) is 6.92 Å². The third kappa shape index (κ3) is 2.43. The van der Waals surface area contributed by atoms with Gasteiger partial charge in [0.05, 0.1) is 0 Å². The quantitative estimate of drug-likeness (QED) is 0.930. The van der Waals surface area contributed by atoms with Gasteiger partial charge >= 0.3 is 0 Å². The van der Waals surface area contributed by atoms with Crippen molar-refractivity contribution in [3.63, 3.8) is 0 Å². The molecule has 20 heavy (non-hydrogen) atoms. The van der Waals surface area contributed by atoms with Crippen LogP contribution < -0.4 is 5.32 Å². The summed E-state index contributed by atoms with van der Waals surface area (Å²) >= 11 is 0. The topological polar surface area (TPSA) is 68.0 Å². The Kier molecular flexibility index (Phi) is 3.26. The van der Waals surface area contributed by atoms with E-state index in [0.717, 1.165) is 12.8 Å². The number of aromatic nitrogens is 2. The first-order chi connectivity index (χ1) is 9.63. The third-order valence-corrected chi connectivity index (χ3v) is 3.62. The zero-order valence-corrected chi connectivity index (χ0v) is 11.6. The third-order valence-electron chi connectivity index (χ3n) is 3.62. The summed E-state index contributed by atoms with van der Waals surface area (Å²) in [5.74, 6) is 0.888. The number of nitrogens with one attached hydrogen (secondary N) is 1. The molecule has 0 fully saturated rings. The van der Waals surface area contributed by atoms with Crippen LogP contribution in [0.1, 0.15) is 52.6 Å². The molecule has 1 aliphatic rings. The van der Waals surface area contributed by atoms with E-state index in [4.69, 9.17) is 4.52 Å². The maximum absolute atomic E-state index is 12.2. The number of rotatable bonds is 3. The number of hydrogen-bond acceptors (Lipinski definition) is 4. The maximum Gasteiger partial charge on any atom is 0.251 e. The highest BCUT2D eigenvalue weighted by molar-refractivity contribution is 5.94. The number of aryl methyl sites for hydroxylation is 3. The van der Waals surface area contributed by atoms with Crippen molar-refractivity contribution in [1.82, 2.24) is 15.5 Å². The van der Waals surface area contributed by atoms with Crippen molar-refractivity contribution < 1.29 is 9.32 Å². The van der Waals surface area contributed by atoms with Crippen LogP contribution in [-0.2, 0) is 12.8 Å². The van der Waals surface area contributed by atoms with Crippen molar-refractivity contribution in [3.8, 4) is 0 Å². The predicted molar refractivity (Wildman–Crippen MR) is 73.4 cm³/mol. The molecule has 2 aromatic rings. The lowest BCUT2D eigenvalue weighted by atomic mass is 10.1. The number of fused-ring (bicyclic) bond motifs is 1. The Morgan fingerprint density at radius 3 is 2.90 bits per heavy atom. The van der Waals surface area contributed by atoms with E-state index in [0.29, 0.717) is 17.3 Å². The minimum absolute atomic E-state index is 0.108. The molecule has 104 valence electrons. The van der Waals surface area contributed by atoms with Crippen LogP contribution >= 0.6 is 0 Å². The van der Waals surface area contributed by atoms with Gasteiger partial charge in [0.2, 0.25) is 5.89 Å². The monoisotopic (exact) mass is 271 g/mol. The molecule has 0 saturated heterocycles. The molecular weight excluding hydrogens is 254 g/mol. The predicted octanol–water partition coefficient (Wildman–Crippen LogP) is 2.36. The Morgan fingerprint density at radius 2 is 2.15 bits per heavy atom. The fourth-order valence-corrected chi connectivity index (χ4v) is 2.54. The van der Waals surface area contributed by atoms with Gasteiger partial charge in [0, 0.05) is 5.56 Å². The van der Waals surface area contributed by atoms with Gasteiger partial charge in [-0.3, -0.25) is 4.79 Å². The maximum atomic E-state index is 12.2. The number of nitrogens with zero attached hydrogens (tertiary/aromatic N) is 2. The molecule has 1 atom stereocenters. The van der Waals surface area contributed by atoms with Crippen LogP contribution in [-0.4, -0.2) is 16.0 Å². The summed E-state index contributed by atoms with van der Waals surface area (Å²) in [5.41, 5.74) is 3.34. The van der Waals surface area contributed by atoms with Crippen LogP contribution in [0, 0.1) is 6.92 Å². The number of amides is 1. The fraction of sp³-hybridized carbons (Fsp3) is 0.400. The second-order valence-electron chi connectivity index (χ2n) is 5.21. The summed E-state index contributed by atoms with van der Waals surface area (Å²) in [6.45, 7) is 3.58. The van der Waals surface area contributed by atoms with E-state index >= 15 is 0 Å². The normalized spacial score (nSPS) is 14.9. The van der Waals surface area contributed by atoms with Crippen LogP contribution in [0.2, 0.25) is 0 Å². The van der Waals surface area contributed by atoms with Crippen LogP contribution in [0.4, 0.5) is 0 Å². The van der Waals surface area contributed by atoms with E-state index < -0.39 is 0 Å². The first kappa shape index (κ1) is 12.8. The zero-order chi connectivity index (χ0) is 14.1. The van der Waals surface area contributed by atoms with E-state index in [2.05, 4.69) is 21.5 Å². The van der Waals surface area contributed by atoms with Crippen molar-refractivity contribution in [2.45, 2.75) is 39.2 Å². The van der Waals surface area contributed by atoms with E-state index in [9.17, 15) is 4.79 Å². The second-order valence-corrected chi connectivity index (χ2v) is 5.21. The highest BCUT2D eigenvalue weighted by Crippen LogP contribution is 2.23. The minimum Gasteiger partial charge on any atom is -0.341 e. The molecule has 1 aromatic heterocycles. The van der Waals surface area contributed by atoms with E-state index in [1.165, 1.54) is 17.5 Å². The summed E-state index contributed by atoms with van der Waals surface area (Å²) in [5, 5.41) is 6.61. The lowest BCUT2D eigenvalue weighted by molar-refractivity contribution is 0.0932. The molecule has 1 amide bonds. The lowest BCUT2D eigenvalue weighted by Gasteiger charge is -2.10. The summed E-state index contributed by atoms with van der Waals surface area (Å²) in [6, 6.07) is 5.63. The van der Waals surface area contributed by atoms with Gasteiger partial charge < -0.3 is 9.84 Å². The zero-order valence-electron chi connectivity index (χ0n) is 11.6. The van der Waals surface area contributed by atoms with Gasteiger partial charge in [0.15, 0.2) is 5.82 Å². The summed E-state index contributed by atoms with van der Waals surface area (Å²) in [7, 11) is 0. The average Bonchev–Trinajstić information content (AvgIpc) is 3.05. The van der Waals surface area contributed by atoms with Crippen molar-refractivity contribution in [2.24, 2.45) is 0 Å². The number of carbonyl (C=O) groups excluding carboxylic acids is 1. The van der Waals surface area contributed by atoms with Crippen molar-refractivity contribution >= 4 is 5.91 Å². The largest absolute Gasteiger partial charge is 0.341 e. The van der Waals surface area contributed by atoms with E-state index in [-0.39, 0.29) is 11.9 Å². The fourth-order valence-electron chi connectivity index (χ4n) is 2.54. The Labute approximate surface area is 117 Å². The van der Waals surface area contributed by atoms with Gasteiger partial charge in [-0.05, 0) is 56.4 Å². The molecule has 5 nitrogen and oxygen atoms in total. The van der Waals surface area contributed by atoms with Gasteiger partial charge in [-0.2, -0.15) is 4.98 Å². The first-order valence-electron chi connectivity index (χ1n) is 6.86. The molecule has 1 heterocycles. The van der Waals surface area contributed by atoms with Crippen LogP contribution in [0.3, 0.4) is 0 Å². The molecule has 1 N–H and O–H groups in total. The Morgan fingerprint density at radius 1 is 1.35 bits per heavy atom. The molecule has 0 spiro atoms. The second kappa shape index (κ2) is 5.07. The highest BCUT2D eigenvalue weighted by Gasteiger charge is 2.18. The van der Waals surface area contributed by atoms with Gasteiger partial charge in [-0.1, -0.05) is 11.2 Å². The smallest absolute Gasteiger partial charge is 0.251 e. The Bertz CT molecular complexity index is 648. The van der Waals surface area contributed by atoms with Crippen molar-refractivity contribution in [3.05, 3.63) is 46.6 Å². The Balaban J connectivity index is 1.73. The Hall–Kier alpha value is -2.17. The summed E-state index contributed by atoms with van der Waals surface area (Å²) < 4.78 is 5.06. The molecule has 0 radical (unpaired) electrons. The van der Waals surface area contributed by atoms with Crippen molar-refractivity contribution in [2.75, 3.05) is 0 Å². The van der Waals surface area contributed by atoms with Crippen LogP contribution in [0.25, 0.3) is 0 Å². The molecule has 0 saturated carbocycles. The lowest BCUT2D eigenvalue weighted by Crippen LogP contribution is -2.27. The SMILES string of the molecule is Cc1noc(C(C)NC(=O)c2ccc3c(c2)CCC3)n1. The minimum atomic E-state index is -0.294. The molecule has 1 unspecified atom stereocenters. The standard InChI is InChI=1S/C15H17N3O2/c1-9(15-17-10(2)18-20-15)16-14(19)13-7-6-11-4-3-5-12(11)8-13/h6-9H,3-5H2,1-2H3,(H,16,19). The molecule has 1 aliphatic carbocycles. The number of hydrogen-bond donors (Lipinski definition) is 1. The van der Waals surface area contributed by atoms with Gasteiger partial charge in [0.1, 0.15) is 6.04 Å². The molecular formula is C15H17N3O2. The number of benzene rings is 1. The summed E-state index contributed by atoms with van der Waals surface area (Å²) in [4.78, 5) is 16.4.